The van der Waals surface area contributed by atoms with Gasteiger partial charge in [0.25, 0.3) is 0 Å². The molecule has 0 aromatic carbocycles. The summed E-state index contributed by atoms with van der Waals surface area (Å²) in [6.45, 7) is 1.44. The number of hydrogen-bond donors (Lipinski definition) is 3. The molecular weight excluding hydrogens is 206 g/mol. The lowest BCUT2D eigenvalue weighted by Gasteiger charge is -2.06. The van der Waals surface area contributed by atoms with E-state index in [2.05, 4.69) is 20.4 Å². The minimum Gasteiger partial charge on any atom is -0.383 e. The molecular formula is C9H13N7. The average molecular weight is 219 g/mol. The highest BCUT2D eigenvalue weighted by Gasteiger charge is 1.98. The molecule has 0 saturated heterocycles. The van der Waals surface area contributed by atoms with E-state index in [0.717, 1.165) is 6.54 Å². The van der Waals surface area contributed by atoms with Gasteiger partial charge in [-0.2, -0.15) is 15.1 Å². The number of nitrogens with zero attached hydrogens (tertiary/aromatic N) is 4. The van der Waals surface area contributed by atoms with Crippen molar-refractivity contribution in [2.75, 3.05) is 23.3 Å². The van der Waals surface area contributed by atoms with Crippen LogP contribution in [0.25, 0.3) is 0 Å². The first-order chi connectivity index (χ1) is 7.74. The van der Waals surface area contributed by atoms with Crippen LogP contribution in [0.15, 0.2) is 24.5 Å². The molecule has 2 heterocycles. The summed E-state index contributed by atoms with van der Waals surface area (Å²) >= 11 is 0. The molecule has 0 bridgehead atoms. The molecule has 0 aliphatic carbocycles. The van der Waals surface area contributed by atoms with Gasteiger partial charge in [0.05, 0.1) is 6.54 Å². The van der Waals surface area contributed by atoms with Crippen LogP contribution in [0.4, 0.5) is 17.6 Å². The average Bonchev–Trinajstić information content (AvgIpc) is 2.69. The number of nitrogens with one attached hydrogen (secondary N) is 1. The van der Waals surface area contributed by atoms with Gasteiger partial charge in [0.15, 0.2) is 0 Å². The molecule has 0 spiro atoms. The molecule has 16 heavy (non-hydrogen) atoms. The highest BCUT2D eigenvalue weighted by Crippen LogP contribution is 2.08. The van der Waals surface area contributed by atoms with Crippen LogP contribution < -0.4 is 16.8 Å². The predicted octanol–water partition coefficient (Wildman–Crippen LogP) is -0.0504. The van der Waals surface area contributed by atoms with Gasteiger partial charge in [-0.05, 0) is 6.07 Å². The molecule has 2 rings (SSSR count). The zero-order valence-corrected chi connectivity index (χ0v) is 8.67. The Labute approximate surface area is 92.5 Å². The summed E-state index contributed by atoms with van der Waals surface area (Å²) in [5.41, 5.74) is 11.0. The van der Waals surface area contributed by atoms with Gasteiger partial charge in [-0.15, -0.1) is 0 Å². The van der Waals surface area contributed by atoms with Crippen molar-refractivity contribution in [2.45, 2.75) is 6.54 Å². The van der Waals surface area contributed by atoms with Crippen molar-refractivity contribution in [3.05, 3.63) is 24.5 Å². The van der Waals surface area contributed by atoms with E-state index in [1.54, 1.807) is 12.3 Å². The van der Waals surface area contributed by atoms with Gasteiger partial charge in [0, 0.05) is 25.0 Å². The van der Waals surface area contributed by atoms with Gasteiger partial charge in [-0.3, -0.25) is 4.68 Å². The predicted molar refractivity (Wildman–Crippen MR) is 61.6 cm³/mol. The Morgan fingerprint density at radius 2 is 2.19 bits per heavy atom. The van der Waals surface area contributed by atoms with Gasteiger partial charge >= 0.3 is 0 Å². The van der Waals surface area contributed by atoms with Gasteiger partial charge < -0.3 is 16.8 Å². The van der Waals surface area contributed by atoms with E-state index in [-0.39, 0.29) is 5.95 Å². The lowest BCUT2D eigenvalue weighted by molar-refractivity contribution is 0.637. The second-order valence-corrected chi connectivity index (χ2v) is 3.23. The Bertz CT molecular complexity index is 431. The maximum Gasteiger partial charge on any atom is 0.223 e. The van der Waals surface area contributed by atoms with E-state index in [1.165, 1.54) is 0 Å². The van der Waals surface area contributed by atoms with Crippen LogP contribution in [0.2, 0.25) is 0 Å². The van der Waals surface area contributed by atoms with Crippen molar-refractivity contribution in [3.63, 3.8) is 0 Å². The van der Waals surface area contributed by atoms with Crippen LogP contribution in [-0.4, -0.2) is 26.3 Å². The summed E-state index contributed by atoms with van der Waals surface area (Å²) in [6.07, 6.45) is 3.63. The van der Waals surface area contributed by atoms with Crippen molar-refractivity contribution in [1.82, 2.24) is 19.7 Å². The molecule has 84 valence electrons. The summed E-state index contributed by atoms with van der Waals surface area (Å²) in [7, 11) is 0. The van der Waals surface area contributed by atoms with E-state index < -0.39 is 0 Å². The van der Waals surface area contributed by atoms with E-state index in [9.17, 15) is 0 Å². The van der Waals surface area contributed by atoms with E-state index in [0.29, 0.717) is 18.2 Å². The van der Waals surface area contributed by atoms with Crippen LogP contribution >= 0.6 is 0 Å². The molecule has 0 amide bonds. The number of anilines is 3. The van der Waals surface area contributed by atoms with Crippen LogP contribution in [0.5, 0.6) is 0 Å². The molecule has 0 unspecified atom stereocenters. The molecule has 0 saturated carbocycles. The molecule has 0 aliphatic heterocycles. The molecule has 5 N–H and O–H groups in total. The molecule has 2 aromatic heterocycles. The zero-order valence-electron chi connectivity index (χ0n) is 8.67. The zero-order chi connectivity index (χ0) is 11.4. The first-order valence-corrected chi connectivity index (χ1v) is 4.85. The van der Waals surface area contributed by atoms with Crippen molar-refractivity contribution in [1.29, 1.82) is 0 Å². The third kappa shape index (κ3) is 2.59. The second-order valence-electron chi connectivity index (χ2n) is 3.23. The maximum absolute atomic E-state index is 5.54. The fourth-order valence-corrected chi connectivity index (χ4v) is 1.31. The Hall–Kier alpha value is -2.31. The Balaban J connectivity index is 1.89. The summed E-state index contributed by atoms with van der Waals surface area (Å²) < 4.78 is 1.82. The van der Waals surface area contributed by atoms with Gasteiger partial charge in [0.2, 0.25) is 5.95 Å². The molecule has 0 atom stereocenters. The van der Waals surface area contributed by atoms with Crippen molar-refractivity contribution < 1.29 is 0 Å². The number of rotatable bonds is 4. The molecule has 7 heteroatoms. The molecule has 0 radical (unpaired) electrons. The Morgan fingerprint density at radius 3 is 2.88 bits per heavy atom. The lowest BCUT2D eigenvalue weighted by Crippen LogP contribution is -2.12. The molecule has 2 aromatic rings. The van der Waals surface area contributed by atoms with Gasteiger partial charge in [-0.1, -0.05) is 0 Å². The van der Waals surface area contributed by atoms with Crippen molar-refractivity contribution in [3.8, 4) is 0 Å². The number of hydrogen-bond acceptors (Lipinski definition) is 6. The normalized spacial score (nSPS) is 10.2. The van der Waals surface area contributed by atoms with E-state index in [4.69, 9.17) is 11.5 Å². The largest absolute Gasteiger partial charge is 0.383 e. The third-order valence-electron chi connectivity index (χ3n) is 1.97. The van der Waals surface area contributed by atoms with Gasteiger partial charge in [-0.25, -0.2) is 0 Å². The fourth-order valence-electron chi connectivity index (χ4n) is 1.31. The highest BCUT2D eigenvalue weighted by atomic mass is 15.3. The molecule has 7 nitrogen and oxygen atoms in total. The van der Waals surface area contributed by atoms with E-state index >= 15 is 0 Å². The minimum atomic E-state index is 0.168. The van der Waals surface area contributed by atoms with Crippen molar-refractivity contribution in [2.24, 2.45) is 0 Å². The van der Waals surface area contributed by atoms with Gasteiger partial charge in [0.1, 0.15) is 11.6 Å². The monoisotopic (exact) mass is 219 g/mol. The molecule has 0 fully saturated rings. The Kier molecular flexibility index (Phi) is 2.86. The highest BCUT2D eigenvalue weighted by molar-refractivity contribution is 5.48. The number of aromatic nitrogens is 4. The van der Waals surface area contributed by atoms with Crippen molar-refractivity contribution >= 4 is 17.6 Å². The lowest BCUT2D eigenvalue weighted by atomic mass is 10.5. The SMILES string of the molecule is Nc1cc(NCCn2cccn2)nc(N)n1. The van der Waals surface area contributed by atoms with E-state index in [1.807, 2.05) is 16.9 Å². The summed E-state index contributed by atoms with van der Waals surface area (Å²) in [5.74, 6) is 1.15. The van der Waals surface area contributed by atoms with Crippen LogP contribution in [0.3, 0.4) is 0 Å². The standard InChI is InChI=1S/C9H13N7/c10-7-6-8(15-9(11)14-7)12-3-5-16-4-1-2-13-16/h1-2,4,6H,3,5H2,(H5,10,11,12,14,15). The Morgan fingerprint density at radius 1 is 1.31 bits per heavy atom. The summed E-state index contributed by atoms with van der Waals surface area (Å²) in [5, 5.41) is 7.17. The smallest absolute Gasteiger partial charge is 0.223 e. The van der Waals surface area contributed by atoms with Crippen LogP contribution in [0.1, 0.15) is 0 Å². The number of nitrogen functional groups attached to an aromatic ring is 2. The van der Waals surface area contributed by atoms with Crippen LogP contribution in [0, 0.1) is 0 Å². The fraction of sp³-hybridized carbons (Fsp3) is 0.222. The van der Waals surface area contributed by atoms with Crippen LogP contribution in [-0.2, 0) is 6.54 Å². The first kappa shape index (κ1) is 10.2. The maximum atomic E-state index is 5.54. The summed E-state index contributed by atoms with van der Waals surface area (Å²) in [4.78, 5) is 7.78. The minimum absolute atomic E-state index is 0.168. The topological polar surface area (TPSA) is 108 Å². The second kappa shape index (κ2) is 4.47. The third-order valence-corrected chi connectivity index (χ3v) is 1.97. The number of nitrogens with two attached hydrogens (primary N) is 2. The quantitative estimate of drug-likeness (QED) is 0.665. The summed E-state index contributed by atoms with van der Waals surface area (Å²) in [6, 6.07) is 3.51. The molecule has 0 aliphatic rings. The first-order valence-electron chi connectivity index (χ1n) is 4.85.